The van der Waals surface area contributed by atoms with Crippen molar-refractivity contribution in [3.05, 3.63) is 28.7 Å². The molecule has 8 heteroatoms. The zero-order valence-corrected chi connectivity index (χ0v) is 17.6. The molecule has 0 unspecified atom stereocenters. The van der Waals surface area contributed by atoms with E-state index in [2.05, 4.69) is 20.7 Å². The average Bonchev–Trinajstić information content (AvgIpc) is 2.60. The van der Waals surface area contributed by atoms with Gasteiger partial charge in [-0.1, -0.05) is 35.3 Å². The van der Waals surface area contributed by atoms with E-state index in [0.29, 0.717) is 31.5 Å². The van der Waals surface area contributed by atoms with Crippen LogP contribution in [0.4, 0.5) is 18.9 Å². The third kappa shape index (κ3) is 5.49. The summed E-state index contributed by atoms with van der Waals surface area (Å²) in [5.41, 5.74) is -1.12. The monoisotopic (exact) mass is 463 g/mol. The number of hydrogen-bond acceptors (Lipinski definition) is 3. The van der Waals surface area contributed by atoms with Crippen LogP contribution in [0.3, 0.4) is 0 Å². The summed E-state index contributed by atoms with van der Waals surface area (Å²) in [5, 5.41) is 0. The standard InChI is InChI=1S/C20H25BrF3NO3/c1-19(20(22,23)24)12-14(13-19)18(27)25(16-8-6-7-15(21)11-16)10-5-3-4-9-17(26)28-2/h6-8,11,14H,3-5,9-10,12-13H2,1-2H3. The third-order valence-electron chi connectivity index (χ3n) is 5.30. The third-order valence-corrected chi connectivity index (χ3v) is 5.80. The molecule has 1 aliphatic rings. The summed E-state index contributed by atoms with van der Waals surface area (Å²) in [4.78, 5) is 25.7. The highest BCUT2D eigenvalue weighted by Gasteiger charge is 2.60. The van der Waals surface area contributed by atoms with Crippen LogP contribution >= 0.6 is 15.9 Å². The maximum absolute atomic E-state index is 13.1. The molecule has 4 nitrogen and oxygen atoms in total. The zero-order valence-electron chi connectivity index (χ0n) is 16.0. The fourth-order valence-corrected chi connectivity index (χ4v) is 3.87. The first-order chi connectivity index (χ1) is 13.1. The second kappa shape index (κ2) is 9.29. The van der Waals surface area contributed by atoms with Crippen LogP contribution in [0.15, 0.2) is 28.7 Å². The van der Waals surface area contributed by atoms with E-state index in [-0.39, 0.29) is 24.7 Å². The van der Waals surface area contributed by atoms with Crippen molar-refractivity contribution in [3.8, 4) is 0 Å². The van der Waals surface area contributed by atoms with Gasteiger partial charge in [0.1, 0.15) is 0 Å². The fraction of sp³-hybridized carbons (Fsp3) is 0.600. The Hall–Kier alpha value is -1.57. The second-order valence-corrected chi connectivity index (χ2v) is 8.44. The Morgan fingerprint density at radius 1 is 1.25 bits per heavy atom. The quantitative estimate of drug-likeness (QED) is 0.378. The molecule has 1 saturated carbocycles. The molecule has 0 saturated heterocycles. The van der Waals surface area contributed by atoms with Gasteiger partial charge in [0, 0.05) is 29.0 Å². The number of hydrogen-bond donors (Lipinski definition) is 0. The molecule has 1 aromatic carbocycles. The van der Waals surface area contributed by atoms with Crippen LogP contribution in [-0.2, 0) is 14.3 Å². The Kier molecular flexibility index (Phi) is 7.53. The summed E-state index contributed by atoms with van der Waals surface area (Å²) in [6, 6.07) is 7.18. The van der Waals surface area contributed by atoms with E-state index in [0.717, 1.165) is 10.9 Å². The van der Waals surface area contributed by atoms with Gasteiger partial charge in [-0.05, 0) is 43.9 Å². The predicted octanol–water partition coefficient (Wildman–Crippen LogP) is 5.49. The van der Waals surface area contributed by atoms with Crippen LogP contribution in [0, 0.1) is 11.3 Å². The van der Waals surface area contributed by atoms with Crippen LogP contribution in [-0.4, -0.2) is 31.7 Å². The maximum Gasteiger partial charge on any atom is 0.394 e. The Morgan fingerprint density at radius 3 is 2.50 bits per heavy atom. The first kappa shape index (κ1) is 22.7. The lowest BCUT2D eigenvalue weighted by Crippen LogP contribution is -2.52. The van der Waals surface area contributed by atoms with Gasteiger partial charge in [0.15, 0.2) is 0 Å². The number of rotatable bonds is 8. The molecular weight excluding hydrogens is 439 g/mol. The molecule has 156 valence electrons. The van der Waals surface area contributed by atoms with Crippen molar-refractivity contribution >= 4 is 33.5 Å². The Balaban J connectivity index is 2.01. The molecule has 0 aliphatic heterocycles. The second-order valence-electron chi connectivity index (χ2n) is 7.52. The molecule has 1 aliphatic carbocycles. The van der Waals surface area contributed by atoms with Crippen LogP contribution < -0.4 is 4.90 Å². The lowest BCUT2D eigenvalue weighted by atomic mass is 9.62. The number of carbonyl (C=O) groups is 2. The molecule has 1 fully saturated rings. The number of benzene rings is 1. The van der Waals surface area contributed by atoms with Crippen LogP contribution in [0.2, 0.25) is 0 Å². The normalized spacial score (nSPS) is 21.7. The van der Waals surface area contributed by atoms with E-state index in [1.54, 1.807) is 23.1 Å². The molecule has 2 rings (SSSR count). The van der Waals surface area contributed by atoms with Gasteiger partial charge in [-0.25, -0.2) is 0 Å². The Bertz CT molecular complexity index is 702. The summed E-state index contributed by atoms with van der Waals surface area (Å²) in [7, 11) is 1.34. The lowest BCUT2D eigenvalue weighted by molar-refractivity contribution is -0.253. The minimum atomic E-state index is -4.29. The van der Waals surface area contributed by atoms with Crippen LogP contribution in [0.5, 0.6) is 0 Å². The van der Waals surface area contributed by atoms with Gasteiger partial charge in [-0.15, -0.1) is 0 Å². The van der Waals surface area contributed by atoms with Crippen molar-refractivity contribution < 1.29 is 27.5 Å². The van der Waals surface area contributed by atoms with E-state index in [1.165, 1.54) is 14.0 Å². The van der Waals surface area contributed by atoms with Gasteiger partial charge in [-0.2, -0.15) is 13.2 Å². The van der Waals surface area contributed by atoms with Crippen molar-refractivity contribution in [1.82, 2.24) is 0 Å². The van der Waals surface area contributed by atoms with Crippen molar-refractivity contribution in [2.45, 2.75) is 51.6 Å². The number of nitrogens with zero attached hydrogens (tertiary/aromatic N) is 1. The molecule has 0 atom stereocenters. The number of unbranched alkanes of at least 4 members (excludes halogenated alkanes) is 2. The van der Waals surface area contributed by atoms with Gasteiger partial charge in [0.25, 0.3) is 0 Å². The molecule has 28 heavy (non-hydrogen) atoms. The van der Waals surface area contributed by atoms with Crippen molar-refractivity contribution in [2.24, 2.45) is 11.3 Å². The summed E-state index contributed by atoms with van der Waals surface area (Å²) >= 11 is 3.37. The highest BCUT2D eigenvalue weighted by atomic mass is 79.9. The van der Waals surface area contributed by atoms with E-state index in [9.17, 15) is 22.8 Å². The lowest BCUT2D eigenvalue weighted by Gasteiger charge is -2.46. The molecule has 1 amide bonds. The van der Waals surface area contributed by atoms with E-state index in [4.69, 9.17) is 0 Å². The number of amides is 1. The van der Waals surface area contributed by atoms with Crippen molar-refractivity contribution in [2.75, 3.05) is 18.6 Å². The van der Waals surface area contributed by atoms with Crippen molar-refractivity contribution in [3.63, 3.8) is 0 Å². The number of alkyl halides is 3. The van der Waals surface area contributed by atoms with E-state index >= 15 is 0 Å². The molecule has 0 bridgehead atoms. The van der Waals surface area contributed by atoms with Gasteiger partial charge in [0.05, 0.1) is 12.5 Å². The SMILES string of the molecule is COC(=O)CCCCCN(C(=O)C1CC(C)(C(F)(F)F)C1)c1cccc(Br)c1. The summed E-state index contributed by atoms with van der Waals surface area (Å²) in [6.07, 6.45) is -2.32. The number of carbonyl (C=O) groups excluding carboxylic acids is 2. The number of esters is 1. The van der Waals surface area contributed by atoms with Crippen LogP contribution in [0.1, 0.15) is 45.4 Å². The number of anilines is 1. The number of ether oxygens (including phenoxy) is 1. The summed E-state index contributed by atoms with van der Waals surface area (Å²) in [5.74, 6) is -1.17. The highest BCUT2D eigenvalue weighted by Crippen LogP contribution is 2.56. The number of methoxy groups -OCH3 is 1. The smallest absolute Gasteiger partial charge is 0.394 e. The minimum Gasteiger partial charge on any atom is -0.469 e. The Labute approximate surface area is 171 Å². The fourth-order valence-electron chi connectivity index (χ4n) is 3.48. The van der Waals surface area contributed by atoms with Gasteiger partial charge < -0.3 is 9.64 Å². The molecule has 1 aromatic rings. The van der Waals surface area contributed by atoms with Gasteiger partial charge in [0.2, 0.25) is 5.91 Å². The van der Waals surface area contributed by atoms with Crippen LogP contribution in [0.25, 0.3) is 0 Å². The molecule has 0 heterocycles. The first-order valence-electron chi connectivity index (χ1n) is 9.28. The van der Waals surface area contributed by atoms with Gasteiger partial charge >= 0.3 is 12.1 Å². The van der Waals surface area contributed by atoms with E-state index in [1.807, 2.05) is 6.07 Å². The molecule has 0 aromatic heterocycles. The Morgan fingerprint density at radius 2 is 1.93 bits per heavy atom. The highest BCUT2D eigenvalue weighted by molar-refractivity contribution is 9.10. The average molecular weight is 464 g/mol. The minimum absolute atomic E-state index is 0.178. The molecule has 0 N–H and O–H groups in total. The van der Waals surface area contributed by atoms with Gasteiger partial charge in [-0.3, -0.25) is 9.59 Å². The summed E-state index contributed by atoms with van der Waals surface area (Å²) < 4.78 is 44.7. The largest absolute Gasteiger partial charge is 0.469 e. The predicted molar refractivity (Wildman–Crippen MR) is 104 cm³/mol. The first-order valence-corrected chi connectivity index (χ1v) is 10.1. The van der Waals surface area contributed by atoms with Crippen molar-refractivity contribution in [1.29, 1.82) is 0 Å². The van der Waals surface area contributed by atoms with E-state index < -0.39 is 17.5 Å². The molecular formula is C20H25BrF3NO3. The topological polar surface area (TPSA) is 46.6 Å². The molecule has 0 radical (unpaired) electrons. The zero-order chi connectivity index (χ0) is 20.9. The number of halogens is 4. The summed E-state index contributed by atoms with van der Waals surface area (Å²) in [6.45, 7) is 1.57. The molecule has 0 spiro atoms. The maximum atomic E-state index is 13.1.